The van der Waals surface area contributed by atoms with Crippen LogP contribution < -0.4 is 10.6 Å². The van der Waals surface area contributed by atoms with Gasteiger partial charge >= 0.3 is 0 Å². The molecule has 22 heavy (non-hydrogen) atoms. The monoisotopic (exact) mass is 325 g/mol. The Morgan fingerprint density at radius 2 is 2.05 bits per heavy atom. The zero-order chi connectivity index (χ0) is 15.1. The number of carbonyl (C=O) groups is 1. The van der Waals surface area contributed by atoms with Crippen LogP contribution in [0.1, 0.15) is 24.8 Å². The fourth-order valence-electron chi connectivity index (χ4n) is 2.91. The van der Waals surface area contributed by atoms with E-state index in [1.165, 1.54) is 19.3 Å². The second-order valence-electron chi connectivity index (χ2n) is 6.03. The maximum atomic E-state index is 12.1. The number of halogens is 1. The Labute approximate surface area is 140 Å². The summed E-state index contributed by atoms with van der Waals surface area (Å²) in [6.07, 6.45) is 3.67. The van der Waals surface area contributed by atoms with Gasteiger partial charge in [0.25, 0.3) is 0 Å². The SMILES string of the molecule is CNCCC1CCN(CC(=O)Nc2cccc(C)c2)CC1.Cl. The molecule has 1 aliphatic heterocycles. The standard InChI is InChI=1S/C17H27N3O.ClH/c1-14-4-3-5-16(12-14)19-17(21)13-20-10-7-15(8-11-20)6-9-18-2;/h3-5,12,15,18H,6-11,13H2,1-2H3,(H,19,21);1H. The van der Waals surface area contributed by atoms with Crippen LogP contribution in [0.5, 0.6) is 0 Å². The Balaban J connectivity index is 0.00000242. The maximum absolute atomic E-state index is 12.1. The minimum atomic E-state index is 0. The molecule has 0 bridgehead atoms. The van der Waals surface area contributed by atoms with Crippen molar-refractivity contribution >= 4 is 24.0 Å². The molecule has 2 rings (SSSR count). The largest absolute Gasteiger partial charge is 0.325 e. The number of anilines is 1. The number of hydrogen-bond acceptors (Lipinski definition) is 3. The second-order valence-corrected chi connectivity index (χ2v) is 6.03. The number of hydrogen-bond donors (Lipinski definition) is 2. The van der Waals surface area contributed by atoms with Gasteiger partial charge in [-0.3, -0.25) is 9.69 Å². The second kappa shape index (κ2) is 9.82. The van der Waals surface area contributed by atoms with Crippen molar-refractivity contribution in [2.45, 2.75) is 26.2 Å². The number of rotatable bonds is 6. The average Bonchev–Trinajstić information content (AvgIpc) is 2.46. The summed E-state index contributed by atoms with van der Waals surface area (Å²) in [5, 5.41) is 6.20. The van der Waals surface area contributed by atoms with Crippen molar-refractivity contribution in [3.8, 4) is 0 Å². The highest BCUT2D eigenvalue weighted by atomic mass is 35.5. The van der Waals surface area contributed by atoms with E-state index < -0.39 is 0 Å². The predicted octanol–water partition coefficient (Wildman–Crippen LogP) is 2.68. The number of likely N-dealkylation sites (tertiary alicyclic amines) is 1. The van der Waals surface area contributed by atoms with E-state index in [1.807, 2.05) is 38.2 Å². The molecule has 0 saturated carbocycles. The van der Waals surface area contributed by atoms with E-state index in [-0.39, 0.29) is 18.3 Å². The number of benzene rings is 1. The Bertz CT molecular complexity index is 459. The van der Waals surface area contributed by atoms with Gasteiger partial charge in [-0.25, -0.2) is 0 Å². The summed E-state index contributed by atoms with van der Waals surface area (Å²) in [6.45, 7) is 5.71. The molecule has 0 atom stereocenters. The van der Waals surface area contributed by atoms with Crippen LogP contribution in [0.4, 0.5) is 5.69 Å². The van der Waals surface area contributed by atoms with E-state index in [9.17, 15) is 4.79 Å². The Morgan fingerprint density at radius 1 is 1.32 bits per heavy atom. The van der Waals surface area contributed by atoms with E-state index in [4.69, 9.17) is 0 Å². The zero-order valence-corrected chi connectivity index (χ0v) is 14.4. The Kier molecular flexibility index (Phi) is 8.46. The molecule has 0 unspecified atom stereocenters. The van der Waals surface area contributed by atoms with Crippen LogP contribution in [0.25, 0.3) is 0 Å². The van der Waals surface area contributed by atoms with Crippen LogP contribution in [0.2, 0.25) is 0 Å². The van der Waals surface area contributed by atoms with Gasteiger partial charge in [-0.05, 0) is 76.5 Å². The van der Waals surface area contributed by atoms with E-state index in [1.54, 1.807) is 0 Å². The summed E-state index contributed by atoms with van der Waals surface area (Å²) in [7, 11) is 2.00. The van der Waals surface area contributed by atoms with Crippen molar-refractivity contribution in [3.63, 3.8) is 0 Å². The summed E-state index contributed by atoms with van der Waals surface area (Å²) < 4.78 is 0. The first kappa shape index (κ1) is 18.9. The van der Waals surface area contributed by atoms with Gasteiger partial charge in [0.1, 0.15) is 0 Å². The lowest BCUT2D eigenvalue weighted by Gasteiger charge is -2.31. The molecule has 1 fully saturated rings. The van der Waals surface area contributed by atoms with Crippen molar-refractivity contribution in [3.05, 3.63) is 29.8 Å². The summed E-state index contributed by atoms with van der Waals surface area (Å²) in [4.78, 5) is 14.3. The topological polar surface area (TPSA) is 44.4 Å². The van der Waals surface area contributed by atoms with Crippen LogP contribution in [-0.2, 0) is 4.79 Å². The van der Waals surface area contributed by atoms with Gasteiger partial charge in [-0.1, -0.05) is 12.1 Å². The summed E-state index contributed by atoms with van der Waals surface area (Å²) in [5.74, 6) is 0.905. The lowest BCUT2D eigenvalue weighted by molar-refractivity contribution is -0.117. The van der Waals surface area contributed by atoms with Gasteiger partial charge in [0.15, 0.2) is 0 Å². The Hall–Kier alpha value is -1.10. The molecule has 1 heterocycles. The van der Waals surface area contributed by atoms with Crippen molar-refractivity contribution in [1.29, 1.82) is 0 Å². The summed E-state index contributed by atoms with van der Waals surface area (Å²) in [5.41, 5.74) is 2.06. The first-order chi connectivity index (χ1) is 10.2. The van der Waals surface area contributed by atoms with Gasteiger partial charge in [0, 0.05) is 5.69 Å². The van der Waals surface area contributed by atoms with Crippen LogP contribution in [0.3, 0.4) is 0 Å². The summed E-state index contributed by atoms with van der Waals surface area (Å²) in [6, 6.07) is 7.95. The van der Waals surface area contributed by atoms with E-state index in [0.29, 0.717) is 6.54 Å². The fourth-order valence-corrected chi connectivity index (χ4v) is 2.91. The average molecular weight is 326 g/mol. The molecule has 1 amide bonds. The number of nitrogens with one attached hydrogen (secondary N) is 2. The first-order valence-electron chi connectivity index (χ1n) is 7.91. The van der Waals surface area contributed by atoms with E-state index in [0.717, 1.165) is 36.8 Å². The molecule has 1 aliphatic rings. The lowest BCUT2D eigenvalue weighted by atomic mass is 9.93. The molecule has 0 aliphatic carbocycles. The van der Waals surface area contributed by atoms with Crippen molar-refractivity contribution in [2.24, 2.45) is 5.92 Å². The Morgan fingerprint density at radius 3 is 2.68 bits per heavy atom. The molecule has 124 valence electrons. The molecule has 2 N–H and O–H groups in total. The molecule has 5 heteroatoms. The van der Waals surface area contributed by atoms with Crippen molar-refractivity contribution in [2.75, 3.05) is 38.5 Å². The maximum Gasteiger partial charge on any atom is 0.238 e. The van der Waals surface area contributed by atoms with E-state index >= 15 is 0 Å². The molecular weight excluding hydrogens is 298 g/mol. The van der Waals surface area contributed by atoms with Crippen LogP contribution in [0.15, 0.2) is 24.3 Å². The number of amides is 1. The summed E-state index contributed by atoms with van der Waals surface area (Å²) >= 11 is 0. The van der Waals surface area contributed by atoms with Gasteiger partial charge in [0.05, 0.1) is 6.54 Å². The van der Waals surface area contributed by atoms with Gasteiger partial charge < -0.3 is 10.6 Å². The predicted molar refractivity (Wildman–Crippen MR) is 94.8 cm³/mol. The third-order valence-corrected chi connectivity index (χ3v) is 4.18. The molecule has 0 radical (unpaired) electrons. The molecule has 0 spiro atoms. The van der Waals surface area contributed by atoms with Crippen molar-refractivity contribution < 1.29 is 4.79 Å². The molecule has 0 aromatic heterocycles. The van der Waals surface area contributed by atoms with Crippen LogP contribution in [0, 0.1) is 12.8 Å². The highest BCUT2D eigenvalue weighted by Gasteiger charge is 2.20. The molecule has 1 aromatic carbocycles. The van der Waals surface area contributed by atoms with E-state index in [2.05, 4.69) is 15.5 Å². The lowest BCUT2D eigenvalue weighted by Crippen LogP contribution is -2.39. The number of carbonyl (C=O) groups excluding carboxylic acids is 1. The highest BCUT2D eigenvalue weighted by Crippen LogP contribution is 2.19. The van der Waals surface area contributed by atoms with Gasteiger partial charge in [-0.15, -0.1) is 12.4 Å². The zero-order valence-electron chi connectivity index (χ0n) is 13.6. The molecule has 4 nitrogen and oxygen atoms in total. The van der Waals surface area contributed by atoms with Crippen LogP contribution in [-0.4, -0.2) is 44.0 Å². The normalized spacial score (nSPS) is 16.1. The van der Waals surface area contributed by atoms with Gasteiger partial charge in [0.2, 0.25) is 5.91 Å². The van der Waals surface area contributed by atoms with Gasteiger partial charge in [-0.2, -0.15) is 0 Å². The first-order valence-corrected chi connectivity index (χ1v) is 7.91. The minimum absolute atomic E-state index is 0. The third kappa shape index (κ3) is 6.34. The van der Waals surface area contributed by atoms with Crippen LogP contribution >= 0.6 is 12.4 Å². The minimum Gasteiger partial charge on any atom is -0.325 e. The fraction of sp³-hybridized carbons (Fsp3) is 0.588. The molecule has 1 aromatic rings. The molecular formula is C17H28ClN3O. The third-order valence-electron chi connectivity index (χ3n) is 4.18. The molecule has 1 saturated heterocycles. The number of piperidine rings is 1. The highest BCUT2D eigenvalue weighted by molar-refractivity contribution is 5.92. The quantitative estimate of drug-likeness (QED) is 0.845. The number of nitrogens with zero attached hydrogens (tertiary/aromatic N) is 1. The number of aryl methyl sites for hydroxylation is 1. The van der Waals surface area contributed by atoms with Crippen molar-refractivity contribution in [1.82, 2.24) is 10.2 Å². The smallest absolute Gasteiger partial charge is 0.238 e.